The molecule has 5 aromatic rings. The minimum absolute atomic E-state index is 0.195. The molecule has 2 aliphatic carbocycles. The van der Waals surface area contributed by atoms with Crippen LogP contribution in [0.1, 0.15) is 73.1 Å². The summed E-state index contributed by atoms with van der Waals surface area (Å²) in [6, 6.07) is 3.59. The van der Waals surface area contributed by atoms with Gasteiger partial charge in [-0.15, -0.1) is 0 Å². The molecule has 0 spiro atoms. The average Bonchev–Trinajstić information content (AvgIpc) is 3.73. The van der Waals surface area contributed by atoms with Gasteiger partial charge in [0.05, 0.1) is 33.9 Å². The maximum atomic E-state index is 15.6. The van der Waals surface area contributed by atoms with Crippen molar-refractivity contribution < 1.29 is 75.1 Å². The smallest absolute Gasteiger partial charge is 0.435 e. The minimum Gasteiger partial charge on any atom is -0.442 e. The van der Waals surface area contributed by atoms with Crippen LogP contribution in [0.15, 0.2) is 42.5 Å². The number of carbonyl (C=O) groups is 2. The molecule has 28 heteroatoms. The molecule has 7 rings (SSSR count). The molecule has 0 bridgehead atoms. The number of nitrogens with zero attached hydrogens (tertiary/aromatic N) is 6. The minimum atomic E-state index is -5.22. The number of nitrogens with two attached hydrogens (primary N) is 1. The number of benzene rings is 2. The number of carbonyl (C=O) groups excluding carboxylic acids is 2. The van der Waals surface area contributed by atoms with Gasteiger partial charge in [-0.05, 0) is 81.3 Å². The third kappa shape index (κ3) is 10.8. The predicted molar refractivity (Wildman–Crippen MR) is 235 cm³/mol. The van der Waals surface area contributed by atoms with E-state index in [0.717, 1.165) is 36.6 Å². The number of esters is 1. The molecule has 1 saturated carbocycles. The van der Waals surface area contributed by atoms with Crippen LogP contribution in [0.3, 0.4) is 0 Å². The maximum Gasteiger partial charge on any atom is 0.435 e. The van der Waals surface area contributed by atoms with Crippen LogP contribution < -0.4 is 15.4 Å². The molecule has 71 heavy (non-hydrogen) atoms. The van der Waals surface area contributed by atoms with Crippen molar-refractivity contribution in [2.75, 3.05) is 23.5 Å². The van der Waals surface area contributed by atoms with E-state index < -0.39 is 161 Å². The fourth-order valence-corrected chi connectivity index (χ4v) is 9.16. The lowest BCUT2D eigenvalue weighted by Crippen LogP contribution is -2.37. The molecule has 2 aromatic carbocycles. The Labute approximate surface area is 402 Å². The first-order chi connectivity index (χ1) is 32.6. The lowest BCUT2D eigenvalue weighted by atomic mass is 9.93. The fraction of sp³-hybridized carbons (Fsp3) is 0.419. The van der Waals surface area contributed by atoms with Gasteiger partial charge in [-0.1, -0.05) is 23.6 Å². The number of sulfone groups is 1. The van der Waals surface area contributed by atoms with Gasteiger partial charge >= 0.3 is 18.3 Å². The number of pyridine rings is 1. The zero-order chi connectivity index (χ0) is 52.7. The van der Waals surface area contributed by atoms with Crippen LogP contribution in [-0.4, -0.2) is 89.5 Å². The van der Waals surface area contributed by atoms with Crippen LogP contribution in [0.25, 0.3) is 22.0 Å². The summed E-state index contributed by atoms with van der Waals surface area (Å²) in [5.74, 6) is -6.95. The summed E-state index contributed by atoms with van der Waals surface area (Å²) in [5, 5.41) is 8.85. The summed E-state index contributed by atoms with van der Waals surface area (Å²) < 4.78 is 202. The normalized spacial score (nSPS) is 17.5. The van der Waals surface area contributed by atoms with E-state index in [-0.39, 0.29) is 33.5 Å². The molecular formula is C43H39ClF10N8O7S2. The van der Waals surface area contributed by atoms with E-state index in [1.54, 1.807) is 0 Å². The number of amides is 1. The Hall–Kier alpha value is -5.98. The summed E-state index contributed by atoms with van der Waals surface area (Å²) in [5.41, 5.74) is -0.172. The van der Waals surface area contributed by atoms with E-state index >= 15 is 8.78 Å². The largest absolute Gasteiger partial charge is 0.442 e. The van der Waals surface area contributed by atoms with Gasteiger partial charge in [-0.25, -0.2) is 34.9 Å². The van der Waals surface area contributed by atoms with E-state index in [0.29, 0.717) is 21.3 Å². The number of sulfonamides is 1. The molecule has 4 atom stereocenters. The summed E-state index contributed by atoms with van der Waals surface area (Å²) in [6.07, 6.45) is -9.79. The molecule has 3 heterocycles. The second kappa shape index (κ2) is 18.3. The van der Waals surface area contributed by atoms with Gasteiger partial charge in [0.25, 0.3) is 5.92 Å². The van der Waals surface area contributed by atoms with Crippen molar-refractivity contribution in [3.05, 3.63) is 93.0 Å². The standard InChI is InChI=1S/C43H39ClF10N8O7S2/c1-20(55)39(64)69-19-62(71(5,67)68)38-33-29(44)9-8-26(35(33)61(59-38)18-41(47,48)49)25-7-6-24(10-11-40(2,3)70(4,65)66)56-34(25)30(14-21-12-22(45)15-23(46)13-21)57-31(63)17-60-37-32(36(58-60)43(52,53)54)27-16-28(27)42(37,50)51/h6-9,12-13,15,20,27-28,30H,14,16-19,55H2,1-5H3,(H,57,63)/t20-,27?,28+,30-/m0/s1. The van der Waals surface area contributed by atoms with Gasteiger partial charge in [0.15, 0.2) is 28.1 Å². The Kier molecular flexibility index (Phi) is 13.6. The monoisotopic (exact) mass is 1070 g/mol. The highest BCUT2D eigenvalue weighted by molar-refractivity contribution is 7.92. The predicted octanol–water partition coefficient (Wildman–Crippen LogP) is 6.91. The van der Waals surface area contributed by atoms with Crippen molar-refractivity contribution in [1.29, 1.82) is 0 Å². The Morgan fingerprint density at radius 2 is 1.62 bits per heavy atom. The quantitative estimate of drug-likeness (QED) is 0.0507. The van der Waals surface area contributed by atoms with Crippen LogP contribution in [-0.2, 0) is 65.8 Å². The molecule has 1 amide bonds. The molecule has 2 aliphatic rings. The van der Waals surface area contributed by atoms with Gasteiger partial charge in [0, 0.05) is 34.9 Å². The molecule has 3 aromatic heterocycles. The van der Waals surface area contributed by atoms with Gasteiger partial charge in [-0.3, -0.25) is 19.0 Å². The summed E-state index contributed by atoms with van der Waals surface area (Å²) in [4.78, 5) is 31.0. The highest BCUT2D eigenvalue weighted by Gasteiger charge is 2.68. The van der Waals surface area contributed by atoms with Crippen molar-refractivity contribution in [1.82, 2.24) is 29.9 Å². The molecular weight excluding hydrogens is 1030 g/mol. The second-order valence-corrected chi connectivity index (χ2v) is 22.4. The molecule has 0 aliphatic heterocycles. The van der Waals surface area contributed by atoms with Crippen LogP contribution in [0.5, 0.6) is 0 Å². The topological polar surface area (TPSA) is 201 Å². The van der Waals surface area contributed by atoms with Gasteiger partial charge < -0.3 is 15.8 Å². The number of hydrogen-bond donors (Lipinski definition) is 2. The fourth-order valence-electron chi connectivity index (χ4n) is 8.00. The van der Waals surface area contributed by atoms with Crippen LogP contribution in [0.2, 0.25) is 5.02 Å². The van der Waals surface area contributed by atoms with E-state index in [1.165, 1.54) is 26.8 Å². The lowest BCUT2D eigenvalue weighted by Gasteiger charge is -2.23. The van der Waals surface area contributed by atoms with Gasteiger partial charge in [-0.2, -0.15) is 45.3 Å². The number of fused-ring (bicyclic) bond motifs is 4. The first-order valence-corrected chi connectivity index (χ1v) is 24.9. The Morgan fingerprint density at radius 1 is 0.986 bits per heavy atom. The van der Waals surface area contributed by atoms with Crippen molar-refractivity contribution in [2.45, 2.75) is 87.7 Å². The Bertz CT molecular complexity index is 3270. The summed E-state index contributed by atoms with van der Waals surface area (Å²) >= 11 is 6.62. The summed E-state index contributed by atoms with van der Waals surface area (Å²) in [7, 11) is -8.51. The van der Waals surface area contributed by atoms with E-state index in [4.69, 9.17) is 22.1 Å². The Morgan fingerprint density at radius 3 is 2.20 bits per heavy atom. The van der Waals surface area contributed by atoms with Gasteiger partial charge in [0.2, 0.25) is 15.9 Å². The van der Waals surface area contributed by atoms with E-state index in [9.17, 15) is 61.5 Å². The first-order valence-electron chi connectivity index (χ1n) is 20.8. The number of anilines is 1. The van der Waals surface area contributed by atoms with Crippen LogP contribution in [0.4, 0.5) is 49.7 Å². The van der Waals surface area contributed by atoms with E-state index in [1.807, 2.05) is 0 Å². The van der Waals surface area contributed by atoms with Crippen molar-refractivity contribution >= 4 is 60.1 Å². The highest BCUT2D eigenvalue weighted by Crippen LogP contribution is 2.68. The SMILES string of the molecule is C[C@H](N)C(=O)OCN(c1nn(CC(F)(F)F)c2c(-c3ccc(C#CC(C)(C)S(C)(=O)=O)nc3[C@H](Cc3cc(F)cc(F)c3)NC(=O)Cn3nc(C(F)(F)F)c4c3C(F)(F)[C@@H]3CC43)ccc(Cl)c12)S(C)(=O)=O. The lowest BCUT2D eigenvalue weighted by molar-refractivity contribution is -0.144. The number of hydrogen-bond acceptors (Lipinski definition) is 11. The van der Waals surface area contributed by atoms with E-state index in [2.05, 4.69) is 32.3 Å². The van der Waals surface area contributed by atoms with Crippen molar-refractivity contribution in [3.63, 3.8) is 0 Å². The molecule has 1 unspecified atom stereocenters. The average molecular weight is 1070 g/mol. The molecule has 0 radical (unpaired) electrons. The van der Waals surface area contributed by atoms with Crippen LogP contribution >= 0.6 is 11.6 Å². The number of halogens is 11. The molecule has 382 valence electrons. The molecule has 0 saturated heterocycles. The van der Waals surface area contributed by atoms with Crippen molar-refractivity contribution in [2.24, 2.45) is 11.7 Å². The summed E-state index contributed by atoms with van der Waals surface area (Å²) in [6.45, 7) is -0.720. The molecule has 3 N–H and O–H groups in total. The number of nitrogens with one attached hydrogen (secondary N) is 1. The number of alkyl halides is 8. The molecule has 15 nitrogen and oxygen atoms in total. The third-order valence-electron chi connectivity index (χ3n) is 11.6. The van der Waals surface area contributed by atoms with Gasteiger partial charge in [0.1, 0.15) is 46.9 Å². The zero-order valence-electron chi connectivity index (χ0n) is 37.5. The zero-order valence-corrected chi connectivity index (χ0v) is 39.9. The number of ether oxygens (including phenoxy) is 1. The number of rotatable bonds is 14. The molecule has 1 fully saturated rings. The van der Waals surface area contributed by atoms with Crippen molar-refractivity contribution in [3.8, 4) is 23.0 Å². The second-order valence-electron chi connectivity index (χ2n) is 17.5. The Balaban J connectivity index is 1.48. The highest BCUT2D eigenvalue weighted by atomic mass is 35.5. The third-order valence-corrected chi connectivity index (χ3v) is 15.0. The van der Waals surface area contributed by atoms with Crippen LogP contribution in [0, 0.1) is 29.4 Å². The first kappa shape index (κ1) is 52.8. The number of aromatic nitrogens is 5. The maximum absolute atomic E-state index is 15.6.